The van der Waals surface area contributed by atoms with Gasteiger partial charge in [-0.3, -0.25) is 0 Å². The first-order chi connectivity index (χ1) is 9.28. The van der Waals surface area contributed by atoms with E-state index in [1.54, 1.807) is 0 Å². The summed E-state index contributed by atoms with van der Waals surface area (Å²) in [6, 6.07) is 0.323. The summed E-state index contributed by atoms with van der Waals surface area (Å²) in [6.45, 7) is 11.2. The van der Waals surface area contributed by atoms with Gasteiger partial charge in [0.05, 0.1) is 6.61 Å². The minimum atomic E-state index is -0.447. The Morgan fingerprint density at radius 2 is 2.00 bits per heavy atom. The highest BCUT2D eigenvalue weighted by atomic mass is 16.6. The Morgan fingerprint density at radius 1 is 1.30 bits per heavy atom. The molecule has 1 saturated carbocycles. The number of alkyl carbamates (subject to hydrolysis) is 1. The highest BCUT2D eigenvalue weighted by Crippen LogP contribution is 2.25. The molecule has 2 atom stereocenters. The Labute approximate surface area is 122 Å². The lowest BCUT2D eigenvalue weighted by molar-refractivity contribution is -0.00761. The molecule has 20 heavy (non-hydrogen) atoms. The second kappa shape index (κ2) is 7.84. The molecule has 1 amide bonds. The van der Waals surface area contributed by atoms with Crippen LogP contribution in [0.5, 0.6) is 0 Å². The highest BCUT2D eigenvalue weighted by Gasteiger charge is 2.28. The molecule has 0 saturated heterocycles. The lowest BCUT2D eigenvalue weighted by Gasteiger charge is -2.23. The van der Waals surface area contributed by atoms with Gasteiger partial charge in [0.1, 0.15) is 5.60 Å². The quantitative estimate of drug-likeness (QED) is 0.737. The normalized spacial score (nSPS) is 23.1. The topological polar surface area (TPSA) is 59.6 Å². The van der Waals surface area contributed by atoms with Crippen molar-refractivity contribution < 1.29 is 14.4 Å². The fraction of sp³-hybridized carbons (Fsp3) is 0.933. The summed E-state index contributed by atoms with van der Waals surface area (Å²) < 4.78 is 5.24. The van der Waals surface area contributed by atoms with Gasteiger partial charge < -0.3 is 14.9 Å². The number of hydrogen-bond donors (Lipinski definition) is 2. The van der Waals surface area contributed by atoms with Crippen molar-refractivity contribution in [2.45, 2.75) is 65.5 Å². The third kappa shape index (κ3) is 7.10. The van der Waals surface area contributed by atoms with Gasteiger partial charge in [-0.1, -0.05) is 20.3 Å². The van der Waals surface area contributed by atoms with Crippen LogP contribution >= 0.6 is 0 Å². The van der Waals surface area contributed by atoms with Gasteiger partial charge in [-0.25, -0.2) is 4.79 Å². The molecule has 1 aliphatic carbocycles. The number of nitrogens with one attached hydrogen (secondary N) is 2. The van der Waals surface area contributed by atoms with Crippen molar-refractivity contribution in [3.05, 3.63) is 0 Å². The van der Waals surface area contributed by atoms with Crippen LogP contribution in [-0.4, -0.2) is 30.9 Å². The Kier molecular flexibility index (Phi) is 6.76. The average Bonchev–Trinajstić information content (AvgIpc) is 2.71. The first kappa shape index (κ1) is 17.2. The Balaban J connectivity index is 2.26. The largest absolute Gasteiger partial charge is 0.444 e. The van der Waals surface area contributed by atoms with E-state index in [2.05, 4.69) is 24.6 Å². The molecular weight excluding hydrogens is 256 g/mol. The zero-order valence-electron chi connectivity index (χ0n) is 13.5. The summed E-state index contributed by atoms with van der Waals surface area (Å²) >= 11 is 0. The molecule has 5 nitrogen and oxygen atoms in total. The van der Waals surface area contributed by atoms with Gasteiger partial charge in [-0.05, 0) is 45.4 Å². The van der Waals surface area contributed by atoms with Gasteiger partial charge in [0, 0.05) is 12.6 Å². The van der Waals surface area contributed by atoms with Crippen LogP contribution in [0.15, 0.2) is 0 Å². The van der Waals surface area contributed by atoms with Crippen LogP contribution in [0.2, 0.25) is 0 Å². The van der Waals surface area contributed by atoms with Gasteiger partial charge in [-0.15, -0.1) is 0 Å². The second-order valence-corrected chi connectivity index (χ2v) is 7.00. The monoisotopic (exact) mass is 286 g/mol. The SMILES string of the molecule is CC(C)CONC1CCCC1CNC(=O)OC(C)(C)C. The Morgan fingerprint density at radius 3 is 2.60 bits per heavy atom. The number of rotatable bonds is 6. The van der Waals surface area contributed by atoms with Crippen LogP contribution in [0.4, 0.5) is 4.79 Å². The van der Waals surface area contributed by atoms with E-state index in [9.17, 15) is 4.79 Å². The maximum Gasteiger partial charge on any atom is 0.407 e. The van der Waals surface area contributed by atoms with Crippen molar-refractivity contribution in [1.29, 1.82) is 0 Å². The molecule has 1 fully saturated rings. The number of carbonyl (C=O) groups is 1. The number of hydroxylamine groups is 1. The molecule has 0 aromatic carbocycles. The molecule has 5 heteroatoms. The number of hydrogen-bond acceptors (Lipinski definition) is 4. The van der Waals surface area contributed by atoms with Crippen LogP contribution in [0.1, 0.15) is 53.9 Å². The molecule has 0 aromatic rings. The van der Waals surface area contributed by atoms with E-state index in [1.165, 1.54) is 6.42 Å². The first-order valence-electron chi connectivity index (χ1n) is 7.62. The molecule has 0 radical (unpaired) electrons. The van der Waals surface area contributed by atoms with Crippen molar-refractivity contribution >= 4 is 6.09 Å². The minimum absolute atomic E-state index is 0.323. The average molecular weight is 286 g/mol. The van der Waals surface area contributed by atoms with E-state index in [-0.39, 0.29) is 6.09 Å². The summed E-state index contributed by atoms with van der Waals surface area (Å²) in [5.41, 5.74) is 2.70. The fourth-order valence-corrected chi connectivity index (χ4v) is 2.29. The molecular formula is C15H30N2O3. The molecule has 0 aliphatic heterocycles. The second-order valence-electron chi connectivity index (χ2n) is 7.00. The van der Waals surface area contributed by atoms with Gasteiger partial charge in [-0.2, -0.15) is 5.48 Å². The van der Waals surface area contributed by atoms with Crippen molar-refractivity contribution in [3.63, 3.8) is 0 Å². The minimum Gasteiger partial charge on any atom is -0.444 e. The van der Waals surface area contributed by atoms with Gasteiger partial charge in [0.25, 0.3) is 0 Å². The van der Waals surface area contributed by atoms with Gasteiger partial charge in [0.15, 0.2) is 0 Å². The van der Waals surface area contributed by atoms with Crippen molar-refractivity contribution in [3.8, 4) is 0 Å². The highest BCUT2D eigenvalue weighted by molar-refractivity contribution is 5.67. The van der Waals surface area contributed by atoms with Gasteiger partial charge in [0.2, 0.25) is 0 Å². The molecule has 0 heterocycles. The molecule has 0 spiro atoms. The smallest absolute Gasteiger partial charge is 0.407 e. The third-order valence-corrected chi connectivity index (χ3v) is 3.22. The van der Waals surface area contributed by atoms with Crippen molar-refractivity contribution in [2.75, 3.05) is 13.2 Å². The first-order valence-corrected chi connectivity index (χ1v) is 7.62. The van der Waals surface area contributed by atoms with Crippen molar-refractivity contribution in [2.24, 2.45) is 11.8 Å². The number of ether oxygens (including phenoxy) is 1. The number of carbonyl (C=O) groups excluding carboxylic acids is 1. The van der Waals surface area contributed by atoms with Crippen LogP contribution < -0.4 is 10.8 Å². The maximum atomic E-state index is 11.6. The van der Waals surface area contributed by atoms with E-state index in [0.717, 1.165) is 12.8 Å². The molecule has 0 bridgehead atoms. The lowest BCUT2D eigenvalue weighted by Crippen LogP contribution is -2.41. The van der Waals surface area contributed by atoms with Crippen LogP contribution in [0.3, 0.4) is 0 Å². The van der Waals surface area contributed by atoms with Gasteiger partial charge >= 0.3 is 6.09 Å². The molecule has 118 valence electrons. The summed E-state index contributed by atoms with van der Waals surface area (Å²) in [6.07, 6.45) is 3.03. The molecule has 1 rings (SSSR count). The fourth-order valence-electron chi connectivity index (χ4n) is 2.29. The van der Waals surface area contributed by atoms with Crippen molar-refractivity contribution in [1.82, 2.24) is 10.8 Å². The molecule has 0 aromatic heterocycles. The van der Waals surface area contributed by atoms with E-state index in [1.807, 2.05) is 20.8 Å². The predicted octanol–water partition coefficient (Wildman–Crippen LogP) is 2.86. The lowest BCUT2D eigenvalue weighted by atomic mass is 10.0. The predicted molar refractivity (Wildman–Crippen MR) is 79.3 cm³/mol. The van der Waals surface area contributed by atoms with Crippen LogP contribution in [0.25, 0.3) is 0 Å². The van der Waals surface area contributed by atoms with E-state index < -0.39 is 5.60 Å². The van der Waals surface area contributed by atoms with Crippen LogP contribution in [0, 0.1) is 11.8 Å². The summed E-state index contributed by atoms with van der Waals surface area (Å²) in [5, 5.41) is 2.85. The Bertz CT molecular complexity index is 300. The Hall–Kier alpha value is -0.810. The molecule has 2 unspecified atom stereocenters. The summed E-state index contributed by atoms with van der Waals surface area (Å²) in [5.74, 6) is 0.928. The molecule has 1 aliphatic rings. The zero-order chi connectivity index (χ0) is 15.2. The van der Waals surface area contributed by atoms with E-state index in [0.29, 0.717) is 31.0 Å². The maximum absolute atomic E-state index is 11.6. The van der Waals surface area contributed by atoms with Crippen LogP contribution in [-0.2, 0) is 9.57 Å². The van der Waals surface area contributed by atoms with E-state index in [4.69, 9.17) is 9.57 Å². The third-order valence-electron chi connectivity index (χ3n) is 3.22. The number of amides is 1. The van der Waals surface area contributed by atoms with E-state index >= 15 is 0 Å². The summed E-state index contributed by atoms with van der Waals surface area (Å²) in [7, 11) is 0. The zero-order valence-corrected chi connectivity index (χ0v) is 13.5. The standard InChI is InChI=1S/C15H30N2O3/c1-11(2)10-19-17-13-8-6-7-12(13)9-16-14(18)20-15(3,4)5/h11-13,17H,6-10H2,1-5H3,(H,16,18). The molecule has 2 N–H and O–H groups in total. The summed E-state index contributed by atoms with van der Waals surface area (Å²) in [4.78, 5) is 17.1.